The molecule has 8 heteroatoms. The summed E-state index contributed by atoms with van der Waals surface area (Å²) in [5.41, 5.74) is 5.41. The highest BCUT2D eigenvalue weighted by molar-refractivity contribution is 5.82. The van der Waals surface area contributed by atoms with E-state index in [0.717, 1.165) is 33.4 Å². The van der Waals surface area contributed by atoms with Crippen molar-refractivity contribution in [2.24, 2.45) is 0 Å². The van der Waals surface area contributed by atoms with E-state index >= 15 is 0 Å². The summed E-state index contributed by atoms with van der Waals surface area (Å²) < 4.78 is 17.4. The number of aromatic nitrogens is 4. The third kappa shape index (κ3) is 3.33. The smallest absolute Gasteiger partial charge is 0.439 e. The van der Waals surface area contributed by atoms with E-state index in [-0.39, 0.29) is 0 Å². The van der Waals surface area contributed by atoms with E-state index in [9.17, 15) is 4.79 Å². The molecule has 5 rings (SSSR count). The molecule has 0 saturated heterocycles. The summed E-state index contributed by atoms with van der Waals surface area (Å²) in [5, 5.41) is 3.77. The number of hydrogen-bond donors (Lipinski definition) is 1. The van der Waals surface area contributed by atoms with E-state index in [1.165, 1.54) is 0 Å². The van der Waals surface area contributed by atoms with Crippen LogP contribution in [0.4, 0.5) is 0 Å². The predicted octanol–water partition coefficient (Wildman–Crippen LogP) is 4.05. The highest BCUT2D eigenvalue weighted by Crippen LogP contribution is 2.33. The largest absolute Gasteiger partial charge is 0.493 e. The molecule has 0 amide bonds. The normalized spacial score (nSPS) is 11.0. The summed E-state index contributed by atoms with van der Waals surface area (Å²) in [6.45, 7) is 0. The SMILES string of the molecule is COc1ccc(-c2cccc(-n3cnc4ccc(-c5noc(=O)[nH]5)cc43)c2)cc1OC. The van der Waals surface area contributed by atoms with Crippen molar-refractivity contribution < 1.29 is 14.0 Å². The third-order valence-electron chi connectivity index (χ3n) is 5.10. The minimum atomic E-state index is -0.591. The molecule has 0 radical (unpaired) electrons. The van der Waals surface area contributed by atoms with Crippen molar-refractivity contribution in [3.8, 4) is 39.7 Å². The van der Waals surface area contributed by atoms with Crippen LogP contribution in [0.25, 0.3) is 39.2 Å². The van der Waals surface area contributed by atoms with Gasteiger partial charge in [0, 0.05) is 11.3 Å². The van der Waals surface area contributed by atoms with Crippen LogP contribution in [0.5, 0.6) is 11.5 Å². The number of hydrogen-bond acceptors (Lipinski definition) is 6. The first-order valence-electron chi connectivity index (χ1n) is 9.52. The Morgan fingerprint density at radius 2 is 1.71 bits per heavy atom. The summed E-state index contributed by atoms with van der Waals surface area (Å²) in [4.78, 5) is 18.4. The second kappa shape index (κ2) is 7.49. The molecule has 3 aromatic carbocycles. The average molecular weight is 414 g/mol. The molecule has 8 nitrogen and oxygen atoms in total. The van der Waals surface area contributed by atoms with E-state index < -0.39 is 5.76 Å². The van der Waals surface area contributed by atoms with Crippen LogP contribution >= 0.6 is 0 Å². The van der Waals surface area contributed by atoms with Crippen LogP contribution in [-0.4, -0.2) is 33.9 Å². The number of aromatic amines is 1. The zero-order chi connectivity index (χ0) is 21.4. The van der Waals surface area contributed by atoms with Gasteiger partial charge in [-0.05, 0) is 53.6 Å². The third-order valence-corrected chi connectivity index (χ3v) is 5.10. The summed E-state index contributed by atoms with van der Waals surface area (Å²) in [5.74, 6) is 1.14. The first kappa shape index (κ1) is 18.7. The standard InChI is InChI=1S/C23H18N4O4/c1-29-20-9-7-15(12-21(20)30-2)14-4-3-5-17(10-14)27-13-24-18-8-6-16(11-19(18)27)22-25-23(28)31-26-22/h3-13H,1-2H3,(H,25,26,28). The number of rotatable bonds is 5. The molecule has 0 aliphatic rings. The maximum atomic E-state index is 11.3. The van der Waals surface area contributed by atoms with Crippen LogP contribution in [0.3, 0.4) is 0 Å². The average Bonchev–Trinajstić information content (AvgIpc) is 3.44. The molecule has 2 heterocycles. The van der Waals surface area contributed by atoms with Crippen molar-refractivity contribution >= 4 is 11.0 Å². The Kier molecular flexibility index (Phi) is 4.51. The van der Waals surface area contributed by atoms with Gasteiger partial charge in [0.1, 0.15) is 6.33 Å². The Balaban J connectivity index is 1.59. The molecular weight excluding hydrogens is 396 g/mol. The van der Waals surface area contributed by atoms with E-state index in [1.807, 2.05) is 59.2 Å². The highest BCUT2D eigenvalue weighted by atomic mass is 16.5. The molecule has 0 unspecified atom stereocenters. The van der Waals surface area contributed by atoms with Gasteiger partial charge in [-0.15, -0.1) is 0 Å². The first-order chi connectivity index (χ1) is 15.2. The Hall–Kier alpha value is -4.33. The Morgan fingerprint density at radius 3 is 2.48 bits per heavy atom. The van der Waals surface area contributed by atoms with Gasteiger partial charge in [-0.1, -0.05) is 23.4 Å². The Labute approximate surface area is 176 Å². The van der Waals surface area contributed by atoms with Crippen molar-refractivity contribution in [1.29, 1.82) is 0 Å². The van der Waals surface area contributed by atoms with Gasteiger partial charge in [-0.25, -0.2) is 9.78 Å². The van der Waals surface area contributed by atoms with Crippen molar-refractivity contribution in [3.05, 3.63) is 77.5 Å². The van der Waals surface area contributed by atoms with Crippen molar-refractivity contribution in [2.45, 2.75) is 0 Å². The molecule has 1 N–H and O–H groups in total. The van der Waals surface area contributed by atoms with E-state index in [2.05, 4.69) is 25.7 Å². The van der Waals surface area contributed by atoms with Gasteiger partial charge in [-0.3, -0.25) is 14.1 Å². The van der Waals surface area contributed by atoms with Crippen molar-refractivity contribution in [1.82, 2.24) is 19.7 Å². The minimum Gasteiger partial charge on any atom is -0.493 e. The molecule has 0 atom stereocenters. The topological polar surface area (TPSA) is 95.2 Å². The summed E-state index contributed by atoms with van der Waals surface area (Å²) in [6.07, 6.45) is 1.77. The zero-order valence-corrected chi connectivity index (χ0v) is 16.8. The number of methoxy groups -OCH3 is 2. The number of benzene rings is 3. The molecule has 31 heavy (non-hydrogen) atoms. The van der Waals surface area contributed by atoms with E-state index in [0.29, 0.717) is 17.3 Å². The van der Waals surface area contributed by atoms with E-state index in [4.69, 9.17) is 9.47 Å². The fraction of sp³-hybridized carbons (Fsp3) is 0.0870. The lowest BCUT2D eigenvalue weighted by molar-refractivity contribution is 0.355. The van der Waals surface area contributed by atoms with Crippen LogP contribution in [0.2, 0.25) is 0 Å². The molecule has 0 saturated carbocycles. The maximum Gasteiger partial charge on any atom is 0.439 e. The van der Waals surface area contributed by atoms with Crippen molar-refractivity contribution in [2.75, 3.05) is 14.2 Å². The van der Waals surface area contributed by atoms with Crippen LogP contribution in [0, 0.1) is 0 Å². The van der Waals surface area contributed by atoms with Crippen molar-refractivity contribution in [3.63, 3.8) is 0 Å². The molecule has 0 fully saturated rings. The predicted molar refractivity (Wildman–Crippen MR) is 116 cm³/mol. The molecule has 2 aromatic heterocycles. The van der Waals surface area contributed by atoms with Gasteiger partial charge < -0.3 is 9.47 Å². The molecule has 0 bridgehead atoms. The molecule has 5 aromatic rings. The quantitative estimate of drug-likeness (QED) is 0.466. The summed E-state index contributed by atoms with van der Waals surface area (Å²) >= 11 is 0. The first-order valence-corrected chi connectivity index (χ1v) is 9.52. The lowest BCUT2D eigenvalue weighted by Gasteiger charge is -2.11. The number of H-pyrrole nitrogens is 1. The van der Waals surface area contributed by atoms with E-state index in [1.54, 1.807) is 20.5 Å². The van der Waals surface area contributed by atoms with Gasteiger partial charge in [0.2, 0.25) is 0 Å². The minimum absolute atomic E-state index is 0.374. The lowest BCUT2D eigenvalue weighted by atomic mass is 10.0. The lowest BCUT2D eigenvalue weighted by Crippen LogP contribution is -1.95. The Morgan fingerprint density at radius 1 is 0.903 bits per heavy atom. The molecule has 154 valence electrons. The molecular formula is C23H18N4O4. The Bertz CT molecular complexity index is 1450. The maximum absolute atomic E-state index is 11.3. The van der Waals surface area contributed by atoms with Gasteiger partial charge in [0.05, 0.1) is 25.3 Å². The van der Waals surface area contributed by atoms with Gasteiger partial charge in [0.15, 0.2) is 17.3 Å². The second-order valence-electron chi connectivity index (χ2n) is 6.88. The van der Waals surface area contributed by atoms with Crippen LogP contribution in [0.1, 0.15) is 0 Å². The molecule has 0 aliphatic carbocycles. The summed E-state index contributed by atoms with van der Waals surface area (Å²) in [6, 6.07) is 19.6. The molecule has 0 spiro atoms. The highest BCUT2D eigenvalue weighted by Gasteiger charge is 2.11. The zero-order valence-electron chi connectivity index (χ0n) is 16.8. The van der Waals surface area contributed by atoms with Gasteiger partial charge in [-0.2, -0.15) is 0 Å². The fourth-order valence-corrected chi connectivity index (χ4v) is 3.57. The molecule has 0 aliphatic heterocycles. The van der Waals surface area contributed by atoms with Gasteiger partial charge in [0.25, 0.3) is 0 Å². The number of ether oxygens (including phenoxy) is 2. The monoisotopic (exact) mass is 414 g/mol. The number of fused-ring (bicyclic) bond motifs is 1. The number of nitrogens with one attached hydrogen (secondary N) is 1. The van der Waals surface area contributed by atoms with Crippen LogP contribution in [-0.2, 0) is 0 Å². The number of imidazole rings is 1. The van der Waals surface area contributed by atoms with Crippen LogP contribution in [0.15, 0.2) is 76.3 Å². The number of nitrogens with zero attached hydrogens (tertiary/aromatic N) is 3. The summed E-state index contributed by atoms with van der Waals surface area (Å²) in [7, 11) is 3.24. The second-order valence-corrected chi connectivity index (χ2v) is 6.88. The van der Waals surface area contributed by atoms with Gasteiger partial charge >= 0.3 is 5.76 Å². The fourth-order valence-electron chi connectivity index (χ4n) is 3.57. The van der Waals surface area contributed by atoms with Crippen LogP contribution < -0.4 is 15.2 Å².